The number of aryl methyl sites for hydroxylation is 1. The Morgan fingerprint density at radius 3 is 2.84 bits per heavy atom. The molecule has 0 aliphatic heterocycles. The fourth-order valence-corrected chi connectivity index (χ4v) is 1.76. The van der Waals surface area contributed by atoms with E-state index in [0.717, 1.165) is 5.56 Å². The third kappa shape index (κ3) is 3.14. The predicted octanol–water partition coefficient (Wildman–Crippen LogP) is 2.93. The highest BCUT2D eigenvalue weighted by molar-refractivity contribution is 6.32. The summed E-state index contributed by atoms with van der Waals surface area (Å²) in [7, 11) is 0. The molecule has 1 heterocycles. The first-order chi connectivity index (χ1) is 9.10. The standard InChI is InChI=1S/C13H12ClN3O2/c1-8-2-3-11(10(14)6-8)19-12-7-9(4-5-16-12)13(15)17-18/h2-7,18H,1H3,(H2,15,17). The second-order valence-corrected chi connectivity index (χ2v) is 4.31. The minimum Gasteiger partial charge on any atom is -0.437 e. The molecule has 0 saturated heterocycles. The van der Waals surface area contributed by atoms with Crippen LogP contribution in [0.1, 0.15) is 11.1 Å². The van der Waals surface area contributed by atoms with Crippen LogP contribution in [0.25, 0.3) is 0 Å². The van der Waals surface area contributed by atoms with Crippen molar-refractivity contribution < 1.29 is 9.94 Å². The molecule has 2 rings (SSSR count). The monoisotopic (exact) mass is 277 g/mol. The van der Waals surface area contributed by atoms with Gasteiger partial charge in [0.15, 0.2) is 5.84 Å². The summed E-state index contributed by atoms with van der Waals surface area (Å²) < 4.78 is 5.56. The summed E-state index contributed by atoms with van der Waals surface area (Å²) in [6.07, 6.45) is 1.50. The minimum absolute atomic E-state index is 0.0118. The lowest BCUT2D eigenvalue weighted by Gasteiger charge is -2.08. The molecule has 5 nitrogen and oxygen atoms in total. The van der Waals surface area contributed by atoms with Crippen molar-refractivity contribution in [3.05, 3.63) is 52.7 Å². The van der Waals surface area contributed by atoms with Crippen LogP contribution in [0.15, 0.2) is 41.7 Å². The minimum atomic E-state index is -0.0118. The molecule has 0 radical (unpaired) electrons. The smallest absolute Gasteiger partial charge is 0.219 e. The molecule has 0 aliphatic rings. The van der Waals surface area contributed by atoms with Crippen molar-refractivity contribution in [2.75, 3.05) is 0 Å². The van der Waals surface area contributed by atoms with Crippen LogP contribution in [0, 0.1) is 6.92 Å². The van der Waals surface area contributed by atoms with E-state index in [1.807, 2.05) is 13.0 Å². The second-order valence-electron chi connectivity index (χ2n) is 3.90. The third-order valence-electron chi connectivity index (χ3n) is 2.44. The van der Waals surface area contributed by atoms with Gasteiger partial charge in [0.1, 0.15) is 5.75 Å². The Morgan fingerprint density at radius 1 is 1.37 bits per heavy atom. The molecule has 0 amide bonds. The fourth-order valence-electron chi connectivity index (χ4n) is 1.48. The lowest BCUT2D eigenvalue weighted by Crippen LogP contribution is -2.13. The number of nitrogens with two attached hydrogens (primary N) is 1. The van der Waals surface area contributed by atoms with E-state index in [1.165, 1.54) is 6.20 Å². The number of oxime groups is 1. The summed E-state index contributed by atoms with van der Waals surface area (Å²) >= 11 is 6.07. The number of hydrogen-bond acceptors (Lipinski definition) is 4. The molecule has 0 spiro atoms. The lowest BCUT2D eigenvalue weighted by atomic mass is 10.2. The fraction of sp³-hybridized carbons (Fsp3) is 0.0769. The van der Waals surface area contributed by atoms with Crippen LogP contribution in [0.2, 0.25) is 5.02 Å². The lowest BCUT2D eigenvalue weighted by molar-refractivity contribution is 0.318. The van der Waals surface area contributed by atoms with E-state index in [4.69, 9.17) is 27.3 Å². The van der Waals surface area contributed by atoms with E-state index in [2.05, 4.69) is 10.1 Å². The van der Waals surface area contributed by atoms with Crippen molar-refractivity contribution in [2.24, 2.45) is 10.9 Å². The molecule has 1 aromatic heterocycles. The number of rotatable bonds is 3. The summed E-state index contributed by atoms with van der Waals surface area (Å²) in [6.45, 7) is 1.94. The number of amidine groups is 1. The molecule has 0 unspecified atom stereocenters. The zero-order valence-electron chi connectivity index (χ0n) is 10.2. The Bertz CT molecular complexity index is 629. The van der Waals surface area contributed by atoms with Crippen LogP contribution < -0.4 is 10.5 Å². The van der Waals surface area contributed by atoms with Crippen molar-refractivity contribution in [1.82, 2.24) is 4.98 Å². The largest absolute Gasteiger partial charge is 0.437 e. The van der Waals surface area contributed by atoms with Crippen LogP contribution in [0.4, 0.5) is 0 Å². The number of nitrogens with zero attached hydrogens (tertiary/aromatic N) is 2. The molecular weight excluding hydrogens is 266 g/mol. The Morgan fingerprint density at radius 2 is 2.16 bits per heavy atom. The summed E-state index contributed by atoms with van der Waals surface area (Å²) in [6, 6.07) is 8.61. The maximum Gasteiger partial charge on any atom is 0.219 e. The van der Waals surface area contributed by atoms with Gasteiger partial charge in [-0.25, -0.2) is 4.98 Å². The second kappa shape index (κ2) is 5.58. The van der Waals surface area contributed by atoms with Gasteiger partial charge in [-0.15, -0.1) is 0 Å². The number of halogens is 1. The highest BCUT2D eigenvalue weighted by Crippen LogP contribution is 2.29. The highest BCUT2D eigenvalue weighted by Gasteiger charge is 2.06. The zero-order valence-corrected chi connectivity index (χ0v) is 10.9. The molecule has 0 saturated carbocycles. The summed E-state index contributed by atoms with van der Waals surface area (Å²) in [5.41, 5.74) is 7.04. The van der Waals surface area contributed by atoms with Crippen molar-refractivity contribution in [3.8, 4) is 11.6 Å². The van der Waals surface area contributed by atoms with Crippen LogP contribution in [-0.2, 0) is 0 Å². The molecule has 0 bridgehead atoms. The molecule has 0 atom stereocenters. The number of ether oxygens (including phenoxy) is 1. The van der Waals surface area contributed by atoms with Crippen molar-refractivity contribution in [3.63, 3.8) is 0 Å². The number of hydrogen-bond donors (Lipinski definition) is 2. The first kappa shape index (κ1) is 13.2. The third-order valence-corrected chi connectivity index (χ3v) is 2.74. The zero-order chi connectivity index (χ0) is 13.8. The SMILES string of the molecule is Cc1ccc(Oc2cc(C(N)=NO)ccn2)c(Cl)c1. The molecule has 3 N–H and O–H groups in total. The van der Waals surface area contributed by atoms with Gasteiger partial charge in [-0.05, 0) is 30.7 Å². The maximum atomic E-state index is 8.62. The molecule has 98 valence electrons. The van der Waals surface area contributed by atoms with E-state index in [9.17, 15) is 0 Å². The van der Waals surface area contributed by atoms with Gasteiger partial charge in [0.25, 0.3) is 0 Å². The Hall–Kier alpha value is -2.27. The molecule has 6 heteroatoms. The van der Waals surface area contributed by atoms with Gasteiger partial charge in [0, 0.05) is 17.8 Å². The predicted molar refractivity (Wildman–Crippen MR) is 73.0 cm³/mol. The topological polar surface area (TPSA) is 80.7 Å². The quantitative estimate of drug-likeness (QED) is 0.391. The molecule has 0 aliphatic carbocycles. The van der Waals surface area contributed by atoms with E-state index in [1.54, 1.807) is 24.3 Å². The molecule has 19 heavy (non-hydrogen) atoms. The average molecular weight is 278 g/mol. The van der Waals surface area contributed by atoms with E-state index in [-0.39, 0.29) is 5.84 Å². The van der Waals surface area contributed by atoms with Crippen molar-refractivity contribution in [1.29, 1.82) is 0 Å². The Labute approximate surface area is 115 Å². The summed E-state index contributed by atoms with van der Waals surface area (Å²) in [5.74, 6) is 0.800. The van der Waals surface area contributed by atoms with Crippen LogP contribution in [0.5, 0.6) is 11.6 Å². The van der Waals surface area contributed by atoms with Gasteiger partial charge in [0.05, 0.1) is 5.02 Å². The van der Waals surface area contributed by atoms with Gasteiger partial charge in [0.2, 0.25) is 5.88 Å². The number of pyridine rings is 1. The Balaban J connectivity index is 2.28. The highest BCUT2D eigenvalue weighted by atomic mass is 35.5. The number of benzene rings is 1. The van der Waals surface area contributed by atoms with Crippen LogP contribution >= 0.6 is 11.6 Å². The van der Waals surface area contributed by atoms with Gasteiger partial charge >= 0.3 is 0 Å². The van der Waals surface area contributed by atoms with E-state index in [0.29, 0.717) is 22.2 Å². The average Bonchev–Trinajstić information content (AvgIpc) is 2.41. The van der Waals surface area contributed by atoms with Crippen molar-refractivity contribution in [2.45, 2.75) is 6.92 Å². The molecular formula is C13H12ClN3O2. The number of aromatic nitrogens is 1. The van der Waals surface area contributed by atoms with Gasteiger partial charge in [-0.2, -0.15) is 0 Å². The van der Waals surface area contributed by atoms with Gasteiger partial charge < -0.3 is 15.7 Å². The van der Waals surface area contributed by atoms with Crippen LogP contribution in [0.3, 0.4) is 0 Å². The summed E-state index contributed by atoms with van der Waals surface area (Å²) in [5, 5.41) is 12.0. The van der Waals surface area contributed by atoms with E-state index >= 15 is 0 Å². The maximum absolute atomic E-state index is 8.62. The normalized spacial score (nSPS) is 11.4. The van der Waals surface area contributed by atoms with Gasteiger partial charge in [-0.1, -0.05) is 22.8 Å². The van der Waals surface area contributed by atoms with Crippen molar-refractivity contribution >= 4 is 17.4 Å². The van der Waals surface area contributed by atoms with Crippen LogP contribution in [-0.4, -0.2) is 16.0 Å². The van der Waals surface area contributed by atoms with Gasteiger partial charge in [-0.3, -0.25) is 0 Å². The first-order valence-corrected chi connectivity index (χ1v) is 5.86. The molecule has 0 fully saturated rings. The Kier molecular flexibility index (Phi) is 3.87. The van der Waals surface area contributed by atoms with E-state index < -0.39 is 0 Å². The summed E-state index contributed by atoms with van der Waals surface area (Å²) in [4.78, 5) is 4.04. The molecule has 2 aromatic rings. The first-order valence-electron chi connectivity index (χ1n) is 5.48. The molecule has 1 aromatic carbocycles.